The first kappa shape index (κ1) is 8.43. The van der Waals surface area contributed by atoms with Crippen molar-refractivity contribution in [3.63, 3.8) is 0 Å². The molecule has 0 fully saturated rings. The maximum absolute atomic E-state index is 10.5. The molecule has 0 bridgehead atoms. The van der Waals surface area contributed by atoms with E-state index in [9.17, 15) is 4.79 Å². The molecule has 0 radical (unpaired) electrons. The molecule has 0 aromatic carbocycles. The van der Waals surface area contributed by atoms with Gasteiger partial charge in [-0.15, -0.1) is 0 Å². The van der Waals surface area contributed by atoms with E-state index in [2.05, 4.69) is 11.3 Å². The Morgan fingerprint density at radius 1 is 1.78 bits per heavy atom. The van der Waals surface area contributed by atoms with E-state index in [1.165, 1.54) is 6.08 Å². The minimum atomic E-state index is -0.216. The van der Waals surface area contributed by atoms with Gasteiger partial charge in [-0.3, -0.25) is 0 Å². The molecule has 2 nitrogen and oxygen atoms in total. The van der Waals surface area contributed by atoms with Crippen molar-refractivity contribution in [3.05, 3.63) is 11.8 Å². The van der Waals surface area contributed by atoms with Gasteiger partial charge < -0.3 is 4.74 Å². The van der Waals surface area contributed by atoms with Crippen molar-refractivity contribution >= 4 is 15.5 Å². The van der Waals surface area contributed by atoms with Crippen LogP contribution in [0.5, 0.6) is 0 Å². The standard InChI is InChI=1S/C6H12O2Si/c1-3-8-6(7)4-5-9-2/h4-5H,3,9H2,1-2H3/b5-4+. The van der Waals surface area contributed by atoms with Crippen LogP contribution < -0.4 is 0 Å². The molecule has 0 aromatic rings. The molecule has 0 heterocycles. The largest absolute Gasteiger partial charge is 0.463 e. The Bertz CT molecular complexity index is 110. The van der Waals surface area contributed by atoms with Crippen LogP contribution >= 0.6 is 0 Å². The van der Waals surface area contributed by atoms with Crippen molar-refractivity contribution in [2.45, 2.75) is 13.5 Å². The summed E-state index contributed by atoms with van der Waals surface area (Å²) in [6.07, 6.45) is 1.51. The number of rotatable bonds is 3. The first-order valence-corrected chi connectivity index (χ1v) is 5.37. The van der Waals surface area contributed by atoms with Crippen LogP contribution in [0.3, 0.4) is 0 Å². The van der Waals surface area contributed by atoms with E-state index < -0.39 is 0 Å². The van der Waals surface area contributed by atoms with Crippen LogP contribution in [0, 0.1) is 0 Å². The van der Waals surface area contributed by atoms with Crippen LogP contribution in [0.25, 0.3) is 0 Å². The Kier molecular flexibility index (Phi) is 5.21. The predicted molar refractivity (Wildman–Crippen MR) is 40.2 cm³/mol. The Morgan fingerprint density at radius 2 is 2.44 bits per heavy atom. The third-order valence-electron chi connectivity index (χ3n) is 0.776. The maximum Gasteiger partial charge on any atom is 0.329 e. The third-order valence-corrected chi connectivity index (χ3v) is 1.48. The highest BCUT2D eigenvalue weighted by Gasteiger charge is 1.89. The summed E-state index contributed by atoms with van der Waals surface area (Å²) in [5, 5.41) is 0. The van der Waals surface area contributed by atoms with Gasteiger partial charge in [-0.05, 0) is 6.92 Å². The molecule has 0 aromatic heterocycles. The van der Waals surface area contributed by atoms with Crippen molar-refractivity contribution in [1.82, 2.24) is 0 Å². The van der Waals surface area contributed by atoms with E-state index in [4.69, 9.17) is 0 Å². The molecule has 0 atom stereocenters. The number of hydrogen-bond acceptors (Lipinski definition) is 2. The SMILES string of the molecule is CCOC(=O)/C=C/[SiH2]C. The summed E-state index contributed by atoms with van der Waals surface area (Å²) in [5.74, 6) is -0.216. The lowest BCUT2D eigenvalue weighted by molar-refractivity contribution is -0.137. The predicted octanol–water partition coefficient (Wildman–Crippen LogP) is 0.280. The van der Waals surface area contributed by atoms with Crippen LogP contribution in [-0.4, -0.2) is 22.1 Å². The van der Waals surface area contributed by atoms with E-state index >= 15 is 0 Å². The van der Waals surface area contributed by atoms with Gasteiger partial charge in [0.25, 0.3) is 0 Å². The van der Waals surface area contributed by atoms with Gasteiger partial charge in [0, 0.05) is 15.6 Å². The second-order valence-corrected chi connectivity index (χ2v) is 2.85. The highest BCUT2D eigenvalue weighted by molar-refractivity contribution is 6.40. The number of carbonyl (C=O) groups is 1. The molecule has 0 aliphatic rings. The van der Waals surface area contributed by atoms with Crippen molar-refractivity contribution in [1.29, 1.82) is 0 Å². The van der Waals surface area contributed by atoms with Gasteiger partial charge >= 0.3 is 5.97 Å². The van der Waals surface area contributed by atoms with Gasteiger partial charge in [0.05, 0.1) is 6.61 Å². The number of hydrogen-bond donors (Lipinski definition) is 0. The molecular weight excluding hydrogens is 132 g/mol. The van der Waals surface area contributed by atoms with Crippen LogP contribution in [0.15, 0.2) is 11.8 Å². The number of ether oxygens (including phenoxy) is 1. The molecule has 0 rings (SSSR count). The zero-order valence-electron chi connectivity index (χ0n) is 5.89. The summed E-state index contributed by atoms with van der Waals surface area (Å²) in [4.78, 5) is 10.5. The number of esters is 1. The molecular formula is C6H12O2Si. The van der Waals surface area contributed by atoms with E-state index in [0.29, 0.717) is 6.61 Å². The first-order chi connectivity index (χ1) is 4.31. The van der Waals surface area contributed by atoms with Crippen LogP contribution in [0.1, 0.15) is 6.92 Å². The van der Waals surface area contributed by atoms with Gasteiger partial charge in [0.15, 0.2) is 0 Å². The van der Waals surface area contributed by atoms with E-state index in [-0.39, 0.29) is 15.5 Å². The fourth-order valence-corrected chi connectivity index (χ4v) is 0.833. The lowest BCUT2D eigenvalue weighted by atomic mass is 10.6. The zero-order valence-corrected chi connectivity index (χ0v) is 7.30. The van der Waals surface area contributed by atoms with Crippen molar-refractivity contribution in [2.75, 3.05) is 6.61 Å². The summed E-state index contributed by atoms with van der Waals surface area (Å²) in [6.45, 7) is 4.37. The molecule has 0 aliphatic carbocycles. The molecule has 0 unspecified atom stereocenters. The average Bonchev–Trinajstić information content (AvgIpc) is 1.85. The number of carbonyl (C=O) groups excluding carboxylic acids is 1. The van der Waals surface area contributed by atoms with E-state index in [1.807, 2.05) is 5.70 Å². The smallest absolute Gasteiger partial charge is 0.329 e. The fourth-order valence-electron chi connectivity index (χ4n) is 0.404. The maximum atomic E-state index is 10.5. The van der Waals surface area contributed by atoms with E-state index in [0.717, 1.165) is 0 Å². The Hall–Kier alpha value is -0.573. The fraction of sp³-hybridized carbons (Fsp3) is 0.500. The molecule has 0 amide bonds. The third kappa shape index (κ3) is 5.30. The molecule has 3 heteroatoms. The Labute approximate surface area is 57.7 Å². The summed E-state index contributed by atoms with van der Waals surface area (Å²) >= 11 is 0. The zero-order chi connectivity index (χ0) is 7.11. The minimum Gasteiger partial charge on any atom is -0.463 e. The highest BCUT2D eigenvalue weighted by Crippen LogP contribution is 1.78. The normalized spacial score (nSPS) is 11.3. The Morgan fingerprint density at radius 3 is 2.89 bits per heavy atom. The van der Waals surface area contributed by atoms with Crippen molar-refractivity contribution < 1.29 is 9.53 Å². The van der Waals surface area contributed by atoms with Crippen LogP contribution in [0.4, 0.5) is 0 Å². The molecule has 0 aliphatic heterocycles. The monoisotopic (exact) mass is 144 g/mol. The average molecular weight is 144 g/mol. The van der Waals surface area contributed by atoms with Crippen molar-refractivity contribution in [3.8, 4) is 0 Å². The quantitative estimate of drug-likeness (QED) is 0.323. The lowest BCUT2D eigenvalue weighted by Gasteiger charge is -1.92. The molecule has 0 saturated heterocycles. The second kappa shape index (κ2) is 5.56. The van der Waals surface area contributed by atoms with Gasteiger partial charge in [-0.25, -0.2) is 4.79 Å². The topological polar surface area (TPSA) is 26.3 Å². The lowest BCUT2D eigenvalue weighted by Crippen LogP contribution is -1.99. The summed E-state index contributed by atoms with van der Waals surface area (Å²) < 4.78 is 4.64. The van der Waals surface area contributed by atoms with Gasteiger partial charge in [-0.2, -0.15) is 0 Å². The summed E-state index contributed by atoms with van der Waals surface area (Å²) in [6, 6.07) is 0. The summed E-state index contributed by atoms with van der Waals surface area (Å²) in [7, 11) is -0.127. The van der Waals surface area contributed by atoms with Gasteiger partial charge in [0.2, 0.25) is 0 Å². The molecule has 0 N–H and O–H groups in total. The summed E-state index contributed by atoms with van der Waals surface area (Å²) in [5.41, 5.74) is 1.91. The van der Waals surface area contributed by atoms with Crippen LogP contribution in [0.2, 0.25) is 6.55 Å². The molecule has 52 valence electrons. The minimum absolute atomic E-state index is 0.127. The van der Waals surface area contributed by atoms with Gasteiger partial charge in [0.1, 0.15) is 0 Å². The van der Waals surface area contributed by atoms with Crippen LogP contribution in [-0.2, 0) is 9.53 Å². The van der Waals surface area contributed by atoms with Crippen molar-refractivity contribution in [2.24, 2.45) is 0 Å². The molecule has 0 saturated carbocycles. The molecule has 9 heavy (non-hydrogen) atoms. The Balaban J connectivity index is 3.37. The van der Waals surface area contributed by atoms with E-state index in [1.54, 1.807) is 6.92 Å². The molecule has 0 spiro atoms. The first-order valence-electron chi connectivity index (χ1n) is 3.14. The highest BCUT2D eigenvalue weighted by atomic mass is 28.2. The second-order valence-electron chi connectivity index (χ2n) is 1.56. The van der Waals surface area contributed by atoms with Gasteiger partial charge in [-0.1, -0.05) is 12.2 Å².